The van der Waals surface area contributed by atoms with Crippen molar-refractivity contribution in [3.63, 3.8) is 0 Å². The molecule has 0 saturated carbocycles. The zero-order valence-corrected chi connectivity index (χ0v) is 8.94. The van der Waals surface area contributed by atoms with Crippen molar-refractivity contribution in [1.82, 2.24) is 0 Å². The number of nitro benzene ring substituents is 1. The van der Waals surface area contributed by atoms with Crippen molar-refractivity contribution in [2.75, 3.05) is 11.9 Å². The summed E-state index contributed by atoms with van der Waals surface area (Å²) in [5.74, 6) is -0.627. The lowest BCUT2D eigenvalue weighted by atomic mass is 10.2. The van der Waals surface area contributed by atoms with Gasteiger partial charge < -0.3 is 11.1 Å². The van der Waals surface area contributed by atoms with Gasteiger partial charge in [0.05, 0.1) is 11.0 Å². The highest BCUT2D eigenvalue weighted by Gasteiger charge is 2.09. The molecule has 5 nitrogen and oxygen atoms in total. The number of anilines is 1. The van der Waals surface area contributed by atoms with Crippen LogP contribution in [0.15, 0.2) is 18.2 Å². The smallest absolute Gasteiger partial charge is 0.274 e. The number of benzene rings is 1. The zero-order valence-electron chi connectivity index (χ0n) is 8.94. The largest absolute Gasteiger partial charge is 0.385 e. The van der Waals surface area contributed by atoms with Crippen molar-refractivity contribution in [2.45, 2.75) is 19.4 Å². The molecule has 88 valence electrons. The van der Waals surface area contributed by atoms with Crippen LogP contribution in [0.2, 0.25) is 0 Å². The maximum absolute atomic E-state index is 13.0. The Kier molecular flexibility index (Phi) is 4.19. The maximum Gasteiger partial charge on any atom is 0.274 e. The standard InChI is InChI=1S/C10H14FN3O2/c1-7(12)2-3-13-9-4-8(11)5-10(6-9)14(15)16/h4-7,13H,2-3,12H2,1H3. The van der Waals surface area contributed by atoms with Crippen LogP contribution in [0.5, 0.6) is 0 Å². The molecule has 0 aliphatic heterocycles. The molecule has 0 aromatic heterocycles. The SMILES string of the molecule is CC(N)CCNc1cc(F)cc([N+](=O)[O-])c1. The van der Waals surface area contributed by atoms with E-state index in [2.05, 4.69) is 5.32 Å². The van der Waals surface area contributed by atoms with Gasteiger partial charge in [-0.15, -0.1) is 0 Å². The van der Waals surface area contributed by atoms with Crippen LogP contribution in [-0.2, 0) is 0 Å². The quantitative estimate of drug-likeness (QED) is 0.594. The van der Waals surface area contributed by atoms with Gasteiger partial charge in [0, 0.05) is 24.3 Å². The molecule has 0 heterocycles. The van der Waals surface area contributed by atoms with Crippen molar-refractivity contribution in [3.05, 3.63) is 34.1 Å². The first-order chi connectivity index (χ1) is 7.49. The summed E-state index contributed by atoms with van der Waals surface area (Å²) in [7, 11) is 0. The van der Waals surface area contributed by atoms with E-state index in [0.717, 1.165) is 6.07 Å². The normalized spacial score (nSPS) is 12.2. The Morgan fingerprint density at radius 3 is 2.81 bits per heavy atom. The van der Waals surface area contributed by atoms with Crippen LogP contribution in [-0.4, -0.2) is 17.5 Å². The molecule has 0 saturated heterocycles. The Bertz CT molecular complexity index is 382. The molecule has 1 aromatic rings. The first kappa shape index (κ1) is 12.4. The van der Waals surface area contributed by atoms with E-state index >= 15 is 0 Å². The Hall–Kier alpha value is -1.69. The Morgan fingerprint density at radius 1 is 1.56 bits per heavy atom. The predicted molar refractivity (Wildman–Crippen MR) is 59.8 cm³/mol. The van der Waals surface area contributed by atoms with Crippen LogP contribution in [0.4, 0.5) is 15.8 Å². The molecule has 0 aliphatic rings. The van der Waals surface area contributed by atoms with Gasteiger partial charge in [0.15, 0.2) is 0 Å². The van der Waals surface area contributed by atoms with Gasteiger partial charge in [-0.3, -0.25) is 10.1 Å². The lowest BCUT2D eigenvalue weighted by molar-refractivity contribution is -0.385. The van der Waals surface area contributed by atoms with E-state index in [1.807, 2.05) is 6.92 Å². The maximum atomic E-state index is 13.0. The summed E-state index contributed by atoms with van der Waals surface area (Å²) in [5.41, 5.74) is 5.68. The first-order valence-electron chi connectivity index (χ1n) is 4.93. The highest BCUT2D eigenvalue weighted by molar-refractivity contribution is 5.51. The third-order valence-electron chi connectivity index (χ3n) is 2.02. The molecule has 1 aromatic carbocycles. The average Bonchev–Trinajstić information content (AvgIpc) is 2.16. The van der Waals surface area contributed by atoms with Crippen molar-refractivity contribution in [3.8, 4) is 0 Å². The fraction of sp³-hybridized carbons (Fsp3) is 0.400. The Morgan fingerprint density at radius 2 is 2.25 bits per heavy atom. The molecule has 0 spiro atoms. The fourth-order valence-electron chi connectivity index (χ4n) is 1.23. The van der Waals surface area contributed by atoms with Crippen molar-refractivity contribution < 1.29 is 9.31 Å². The lowest BCUT2D eigenvalue weighted by Gasteiger charge is -2.08. The number of nitrogens with one attached hydrogen (secondary N) is 1. The van der Waals surface area contributed by atoms with Gasteiger partial charge in [0.1, 0.15) is 5.82 Å². The fourth-order valence-corrected chi connectivity index (χ4v) is 1.23. The summed E-state index contributed by atoms with van der Waals surface area (Å²) < 4.78 is 13.0. The molecule has 0 amide bonds. The van der Waals surface area contributed by atoms with Crippen LogP contribution in [0.1, 0.15) is 13.3 Å². The highest BCUT2D eigenvalue weighted by atomic mass is 19.1. The highest BCUT2D eigenvalue weighted by Crippen LogP contribution is 2.19. The third-order valence-corrected chi connectivity index (χ3v) is 2.02. The summed E-state index contributed by atoms with van der Waals surface area (Å²) in [6.07, 6.45) is 0.713. The second-order valence-electron chi connectivity index (χ2n) is 3.65. The van der Waals surface area contributed by atoms with Crippen molar-refractivity contribution >= 4 is 11.4 Å². The van der Waals surface area contributed by atoms with Crippen LogP contribution >= 0.6 is 0 Å². The molecule has 0 fully saturated rings. The van der Waals surface area contributed by atoms with Crippen molar-refractivity contribution in [1.29, 1.82) is 0 Å². The number of halogens is 1. The Balaban J connectivity index is 2.69. The van der Waals surface area contributed by atoms with E-state index in [9.17, 15) is 14.5 Å². The number of hydrogen-bond acceptors (Lipinski definition) is 4. The third kappa shape index (κ3) is 3.82. The van der Waals surface area contributed by atoms with Gasteiger partial charge in [-0.05, 0) is 19.4 Å². The summed E-state index contributed by atoms with van der Waals surface area (Å²) in [6.45, 7) is 2.41. The van der Waals surface area contributed by atoms with E-state index in [1.54, 1.807) is 0 Å². The van der Waals surface area contributed by atoms with E-state index in [4.69, 9.17) is 5.73 Å². The lowest BCUT2D eigenvalue weighted by Crippen LogP contribution is -2.19. The zero-order chi connectivity index (χ0) is 12.1. The van der Waals surface area contributed by atoms with Crippen LogP contribution in [0, 0.1) is 15.9 Å². The summed E-state index contributed by atoms with van der Waals surface area (Å²) in [5, 5.41) is 13.4. The second kappa shape index (κ2) is 5.41. The van der Waals surface area contributed by atoms with Crippen LogP contribution in [0.3, 0.4) is 0 Å². The van der Waals surface area contributed by atoms with E-state index in [1.165, 1.54) is 12.1 Å². The Labute approximate surface area is 92.6 Å². The second-order valence-corrected chi connectivity index (χ2v) is 3.65. The van der Waals surface area contributed by atoms with E-state index in [-0.39, 0.29) is 11.7 Å². The van der Waals surface area contributed by atoms with Gasteiger partial charge in [-0.2, -0.15) is 0 Å². The van der Waals surface area contributed by atoms with Gasteiger partial charge in [0.25, 0.3) is 5.69 Å². The minimum atomic E-state index is -0.627. The molecule has 3 N–H and O–H groups in total. The molecule has 6 heteroatoms. The molecule has 0 radical (unpaired) electrons. The summed E-state index contributed by atoms with van der Waals surface area (Å²) in [6, 6.07) is 3.44. The molecular weight excluding hydrogens is 213 g/mol. The van der Waals surface area contributed by atoms with Crippen LogP contribution in [0.25, 0.3) is 0 Å². The van der Waals surface area contributed by atoms with Gasteiger partial charge in [0.2, 0.25) is 0 Å². The van der Waals surface area contributed by atoms with Gasteiger partial charge >= 0.3 is 0 Å². The minimum absolute atomic E-state index is 0.0380. The molecule has 1 unspecified atom stereocenters. The number of nitro groups is 1. The number of hydrogen-bond donors (Lipinski definition) is 2. The topological polar surface area (TPSA) is 81.2 Å². The molecule has 0 aliphatic carbocycles. The number of nitrogens with zero attached hydrogens (tertiary/aromatic N) is 1. The number of rotatable bonds is 5. The minimum Gasteiger partial charge on any atom is -0.385 e. The molecule has 0 bridgehead atoms. The first-order valence-corrected chi connectivity index (χ1v) is 4.93. The van der Waals surface area contributed by atoms with Crippen molar-refractivity contribution in [2.24, 2.45) is 5.73 Å². The number of non-ortho nitro benzene ring substituents is 1. The van der Waals surface area contributed by atoms with Crippen LogP contribution < -0.4 is 11.1 Å². The molecule has 16 heavy (non-hydrogen) atoms. The molecule has 1 rings (SSSR count). The summed E-state index contributed by atoms with van der Waals surface area (Å²) in [4.78, 5) is 9.85. The van der Waals surface area contributed by atoms with Gasteiger partial charge in [-0.1, -0.05) is 0 Å². The van der Waals surface area contributed by atoms with E-state index in [0.29, 0.717) is 18.7 Å². The van der Waals surface area contributed by atoms with Gasteiger partial charge in [-0.25, -0.2) is 4.39 Å². The predicted octanol–water partition coefficient (Wildman–Crippen LogP) is 1.88. The molecule has 1 atom stereocenters. The number of nitrogens with two attached hydrogens (primary N) is 1. The average molecular weight is 227 g/mol. The van der Waals surface area contributed by atoms with E-state index < -0.39 is 10.7 Å². The summed E-state index contributed by atoms with van der Waals surface area (Å²) >= 11 is 0. The molecular formula is C10H14FN3O2. The monoisotopic (exact) mass is 227 g/mol.